The van der Waals surface area contributed by atoms with Gasteiger partial charge in [-0.3, -0.25) is 0 Å². The molecule has 2 rings (SSSR count). The van der Waals surface area contributed by atoms with Gasteiger partial charge in [-0.15, -0.1) is 0 Å². The molecule has 1 aromatic carbocycles. The highest BCUT2D eigenvalue weighted by Crippen LogP contribution is 2.34. The van der Waals surface area contributed by atoms with Crippen molar-refractivity contribution >= 4 is 27.3 Å². The lowest BCUT2D eigenvalue weighted by Gasteiger charge is -2.07. The molecule has 5 nitrogen and oxygen atoms in total. The fraction of sp³-hybridized carbons (Fsp3) is 0.100. The number of nitrogens with zero attached hydrogens (tertiary/aromatic N) is 1. The van der Waals surface area contributed by atoms with Crippen LogP contribution in [-0.2, 0) is 9.84 Å². The number of nitrogens with two attached hydrogens (primary N) is 1. The summed E-state index contributed by atoms with van der Waals surface area (Å²) in [5.41, 5.74) is 6.04. The first kappa shape index (κ1) is 12.0. The first-order valence-corrected chi connectivity index (χ1v) is 7.35. The Morgan fingerprint density at radius 2 is 2.18 bits per heavy atom. The second kappa shape index (κ2) is 4.42. The van der Waals surface area contributed by atoms with Gasteiger partial charge >= 0.3 is 0 Å². The van der Waals surface area contributed by atoms with Crippen molar-refractivity contribution in [3.63, 3.8) is 0 Å². The van der Waals surface area contributed by atoms with Crippen molar-refractivity contribution in [3.8, 4) is 0 Å². The van der Waals surface area contributed by atoms with Gasteiger partial charge in [-0.2, -0.15) is 0 Å². The molecule has 0 aliphatic rings. The summed E-state index contributed by atoms with van der Waals surface area (Å²) in [6.45, 7) is 0. The predicted molar refractivity (Wildman–Crippen MR) is 64.6 cm³/mol. The molecule has 2 aromatic rings. The van der Waals surface area contributed by atoms with Crippen LogP contribution in [0.4, 0.5) is 5.69 Å². The van der Waals surface area contributed by atoms with Gasteiger partial charge in [0, 0.05) is 11.2 Å². The van der Waals surface area contributed by atoms with Crippen molar-refractivity contribution in [2.75, 3.05) is 12.0 Å². The fourth-order valence-corrected chi connectivity index (χ4v) is 2.96. The summed E-state index contributed by atoms with van der Waals surface area (Å²) in [5, 5.41) is 0.419. The summed E-state index contributed by atoms with van der Waals surface area (Å²) in [6.07, 6.45) is 4.08. The van der Waals surface area contributed by atoms with Crippen molar-refractivity contribution in [3.05, 3.63) is 30.7 Å². The number of nitrogen functional groups attached to an aromatic ring is 1. The lowest BCUT2D eigenvalue weighted by molar-refractivity contribution is 0.454. The van der Waals surface area contributed by atoms with E-state index < -0.39 is 9.84 Å². The van der Waals surface area contributed by atoms with Gasteiger partial charge in [0.2, 0.25) is 0 Å². The molecule has 0 atom stereocenters. The summed E-state index contributed by atoms with van der Waals surface area (Å²) >= 11 is 1.18. The van der Waals surface area contributed by atoms with Crippen molar-refractivity contribution in [1.29, 1.82) is 0 Å². The third-order valence-corrected chi connectivity index (χ3v) is 4.14. The minimum atomic E-state index is -3.32. The van der Waals surface area contributed by atoms with Crippen molar-refractivity contribution in [2.45, 2.75) is 15.0 Å². The number of benzene rings is 1. The normalized spacial score (nSPS) is 11.6. The van der Waals surface area contributed by atoms with Gasteiger partial charge in [0.25, 0.3) is 5.22 Å². The SMILES string of the molecule is CS(=O)(=O)c1cccc(Sc2ncco2)c1N. The predicted octanol–water partition coefficient (Wildman–Crippen LogP) is 1.81. The monoisotopic (exact) mass is 270 g/mol. The van der Waals surface area contributed by atoms with Gasteiger partial charge in [0.15, 0.2) is 9.84 Å². The van der Waals surface area contributed by atoms with Gasteiger partial charge in [0.05, 0.1) is 16.8 Å². The fourth-order valence-electron chi connectivity index (χ4n) is 1.29. The van der Waals surface area contributed by atoms with Crippen LogP contribution in [0.3, 0.4) is 0 Å². The molecule has 0 amide bonds. The average Bonchev–Trinajstić information content (AvgIpc) is 2.72. The standard InChI is InChI=1S/C10H10N2O3S2/c1-17(13,14)8-4-2-3-7(9(8)11)16-10-12-5-6-15-10/h2-6H,11H2,1H3. The summed E-state index contributed by atoms with van der Waals surface area (Å²) < 4.78 is 28.0. The van der Waals surface area contributed by atoms with Crippen LogP contribution in [0, 0.1) is 0 Å². The first-order chi connectivity index (χ1) is 7.98. The van der Waals surface area contributed by atoms with Crippen molar-refractivity contribution < 1.29 is 12.8 Å². The molecule has 0 fully saturated rings. The van der Waals surface area contributed by atoms with Gasteiger partial charge in [-0.25, -0.2) is 13.4 Å². The van der Waals surface area contributed by atoms with Gasteiger partial charge in [0.1, 0.15) is 6.26 Å². The van der Waals surface area contributed by atoms with Crippen molar-refractivity contribution in [2.24, 2.45) is 0 Å². The highest BCUT2D eigenvalue weighted by atomic mass is 32.2. The minimum absolute atomic E-state index is 0.119. The van der Waals surface area contributed by atoms with Gasteiger partial charge < -0.3 is 10.2 Å². The Labute approximate surface area is 103 Å². The highest BCUT2D eigenvalue weighted by molar-refractivity contribution is 7.99. The maximum atomic E-state index is 11.5. The van der Waals surface area contributed by atoms with E-state index in [0.717, 1.165) is 6.26 Å². The maximum Gasteiger partial charge on any atom is 0.260 e. The van der Waals surface area contributed by atoms with E-state index in [1.165, 1.54) is 30.3 Å². The Kier molecular flexibility index (Phi) is 3.12. The number of oxazole rings is 1. The lowest BCUT2D eigenvalue weighted by atomic mass is 10.3. The van der Waals surface area contributed by atoms with Crippen LogP contribution in [-0.4, -0.2) is 19.7 Å². The molecule has 0 bridgehead atoms. The molecule has 0 radical (unpaired) electrons. The zero-order valence-electron chi connectivity index (χ0n) is 8.95. The van der Waals surface area contributed by atoms with Crippen LogP contribution >= 0.6 is 11.8 Å². The van der Waals surface area contributed by atoms with E-state index in [1.807, 2.05) is 0 Å². The van der Waals surface area contributed by atoms with E-state index in [1.54, 1.807) is 12.1 Å². The molecule has 1 aromatic heterocycles. The smallest absolute Gasteiger partial charge is 0.260 e. The Bertz CT molecular complexity index is 621. The Morgan fingerprint density at radius 1 is 1.41 bits per heavy atom. The van der Waals surface area contributed by atoms with Gasteiger partial charge in [-0.1, -0.05) is 6.07 Å². The summed E-state index contributed by atoms with van der Waals surface area (Å²) in [5.74, 6) is 0. The molecule has 7 heteroatoms. The van der Waals surface area contributed by atoms with Gasteiger partial charge in [-0.05, 0) is 23.9 Å². The largest absolute Gasteiger partial charge is 0.440 e. The highest BCUT2D eigenvalue weighted by Gasteiger charge is 2.15. The molecule has 17 heavy (non-hydrogen) atoms. The Balaban J connectivity index is 2.43. The third kappa shape index (κ3) is 2.62. The quantitative estimate of drug-likeness (QED) is 0.856. The van der Waals surface area contributed by atoms with Crippen LogP contribution in [0.5, 0.6) is 0 Å². The maximum absolute atomic E-state index is 11.5. The van der Waals surface area contributed by atoms with Crippen LogP contribution in [0.2, 0.25) is 0 Å². The van der Waals surface area contributed by atoms with E-state index in [0.29, 0.717) is 10.1 Å². The average molecular weight is 270 g/mol. The molecule has 0 saturated heterocycles. The number of hydrogen-bond donors (Lipinski definition) is 1. The zero-order chi connectivity index (χ0) is 12.5. The van der Waals surface area contributed by atoms with Crippen LogP contribution < -0.4 is 5.73 Å². The number of hydrogen-bond acceptors (Lipinski definition) is 6. The molecule has 0 aliphatic heterocycles. The second-order valence-corrected chi connectivity index (χ2v) is 6.32. The summed E-state index contributed by atoms with van der Waals surface area (Å²) in [7, 11) is -3.32. The zero-order valence-corrected chi connectivity index (χ0v) is 10.6. The topological polar surface area (TPSA) is 86.2 Å². The molecule has 90 valence electrons. The Morgan fingerprint density at radius 3 is 2.76 bits per heavy atom. The van der Waals surface area contributed by atoms with Crippen LogP contribution in [0.25, 0.3) is 0 Å². The molecular weight excluding hydrogens is 260 g/mol. The van der Waals surface area contributed by atoms with Crippen LogP contribution in [0.15, 0.2) is 50.1 Å². The molecule has 0 saturated carbocycles. The number of aromatic nitrogens is 1. The molecule has 1 heterocycles. The third-order valence-electron chi connectivity index (χ3n) is 2.03. The molecule has 0 unspecified atom stereocenters. The lowest BCUT2D eigenvalue weighted by Crippen LogP contribution is -2.03. The first-order valence-electron chi connectivity index (χ1n) is 4.64. The number of para-hydroxylation sites is 1. The van der Waals surface area contributed by atoms with E-state index in [9.17, 15) is 8.42 Å². The van der Waals surface area contributed by atoms with E-state index >= 15 is 0 Å². The number of anilines is 1. The molecule has 0 aliphatic carbocycles. The number of rotatable bonds is 3. The number of sulfone groups is 1. The summed E-state index contributed by atoms with van der Waals surface area (Å²) in [4.78, 5) is 4.66. The van der Waals surface area contributed by atoms with E-state index in [2.05, 4.69) is 4.98 Å². The molecule has 2 N–H and O–H groups in total. The summed E-state index contributed by atoms with van der Waals surface area (Å²) in [6, 6.07) is 4.83. The Hall–Kier alpha value is -1.47. The molecule has 0 spiro atoms. The molecular formula is C10H10N2O3S2. The minimum Gasteiger partial charge on any atom is -0.440 e. The van der Waals surface area contributed by atoms with Crippen molar-refractivity contribution in [1.82, 2.24) is 4.98 Å². The second-order valence-electron chi connectivity index (χ2n) is 3.34. The van der Waals surface area contributed by atoms with Crippen LogP contribution in [0.1, 0.15) is 0 Å². The van der Waals surface area contributed by atoms with E-state index in [4.69, 9.17) is 10.2 Å². The van der Waals surface area contributed by atoms with E-state index in [-0.39, 0.29) is 10.6 Å².